The highest BCUT2D eigenvalue weighted by Gasteiger charge is 2.26. The number of esters is 1. The number of anilines is 1. The molecule has 0 aliphatic carbocycles. The predicted molar refractivity (Wildman–Crippen MR) is 112 cm³/mol. The quantitative estimate of drug-likeness (QED) is 0.535. The van der Waals surface area contributed by atoms with Crippen LogP contribution in [-0.2, 0) is 14.3 Å². The zero-order valence-corrected chi connectivity index (χ0v) is 17.7. The fourth-order valence-electron chi connectivity index (χ4n) is 2.77. The van der Waals surface area contributed by atoms with E-state index in [2.05, 4.69) is 0 Å². The van der Waals surface area contributed by atoms with Gasteiger partial charge < -0.3 is 24.2 Å². The number of halogens is 2. The predicted octanol–water partition coefficient (Wildman–Crippen LogP) is 4.27. The number of rotatable bonds is 5. The van der Waals surface area contributed by atoms with Crippen LogP contribution in [0.25, 0.3) is 0 Å². The van der Waals surface area contributed by atoms with Crippen LogP contribution < -0.4 is 9.64 Å². The molecule has 1 N–H and O–H groups in total. The van der Waals surface area contributed by atoms with Gasteiger partial charge in [0.05, 0.1) is 28.9 Å². The van der Waals surface area contributed by atoms with Gasteiger partial charge in [0.25, 0.3) is 0 Å². The molecule has 8 nitrogen and oxygen atoms in total. The van der Waals surface area contributed by atoms with Crippen LogP contribution >= 0.6 is 23.2 Å². The maximum atomic E-state index is 13.0. The molecule has 0 spiro atoms. The second-order valence-electron chi connectivity index (χ2n) is 6.38. The number of morpholine rings is 1. The number of hydrogen-bond acceptors (Lipinski definition) is 6. The number of hydrogen-bond donors (Lipinski definition) is 1. The van der Waals surface area contributed by atoms with Gasteiger partial charge in [-0.3, -0.25) is 9.69 Å². The fourth-order valence-corrected chi connectivity index (χ4v) is 3.33. The molecule has 0 saturated carbocycles. The average molecular weight is 455 g/mol. The van der Waals surface area contributed by atoms with E-state index in [1.807, 2.05) is 0 Å². The lowest BCUT2D eigenvalue weighted by atomic mass is 10.2. The lowest BCUT2D eigenvalue weighted by molar-refractivity contribution is -0.140. The summed E-state index contributed by atoms with van der Waals surface area (Å²) in [5.41, 5.74) is 0.326. The van der Waals surface area contributed by atoms with Gasteiger partial charge in [-0.1, -0.05) is 35.3 Å². The smallest absolute Gasteiger partial charge is 0.327 e. The first-order valence-electron chi connectivity index (χ1n) is 9.09. The Hall–Kier alpha value is -2.68. The second-order valence-corrected chi connectivity index (χ2v) is 7.20. The number of benzene rings is 2. The van der Waals surface area contributed by atoms with Crippen molar-refractivity contribution in [3.05, 3.63) is 46.4 Å². The molecule has 1 aliphatic heterocycles. The zero-order chi connectivity index (χ0) is 21.7. The molecule has 0 bridgehead atoms. The number of carbonyl (C=O) groups excluding carboxylic acids is 2. The van der Waals surface area contributed by atoms with E-state index in [0.29, 0.717) is 32.0 Å². The van der Waals surface area contributed by atoms with E-state index in [9.17, 15) is 14.7 Å². The molecule has 2 aromatic carbocycles. The Kier molecular flexibility index (Phi) is 7.25. The van der Waals surface area contributed by atoms with Crippen molar-refractivity contribution in [3.63, 3.8) is 0 Å². The Labute approximate surface area is 183 Å². The highest BCUT2D eigenvalue weighted by atomic mass is 35.5. The van der Waals surface area contributed by atoms with Gasteiger partial charge in [0, 0.05) is 20.0 Å². The van der Waals surface area contributed by atoms with E-state index in [0.717, 1.165) is 0 Å². The second kappa shape index (κ2) is 9.88. The third-order valence-corrected chi connectivity index (χ3v) is 4.84. The Morgan fingerprint density at radius 1 is 1.17 bits per heavy atom. The number of aromatic hydroxyl groups is 1. The van der Waals surface area contributed by atoms with Gasteiger partial charge in [0.15, 0.2) is 24.0 Å². The number of urea groups is 1. The van der Waals surface area contributed by atoms with Crippen molar-refractivity contribution in [2.45, 2.75) is 6.92 Å². The summed E-state index contributed by atoms with van der Waals surface area (Å²) < 4.78 is 16.0. The van der Waals surface area contributed by atoms with E-state index < -0.39 is 5.97 Å². The largest absolute Gasteiger partial charge is 0.504 e. The molecule has 30 heavy (non-hydrogen) atoms. The summed E-state index contributed by atoms with van der Waals surface area (Å²) in [6, 6.07) is 8.94. The summed E-state index contributed by atoms with van der Waals surface area (Å²) in [5, 5.41) is 10.1. The molecule has 1 heterocycles. The lowest BCUT2D eigenvalue weighted by Crippen LogP contribution is -2.49. The summed E-state index contributed by atoms with van der Waals surface area (Å²) in [4.78, 5) is 27.2. The number of phenols is 1. The van der Waals surface area contributed by atoms with E-state index in [4.69, 9.17) is 37.4 Å². The number of para-hydroxylation sites is 2. The van der Waals surface area contributed by atoms with Crippen molar-refractivity contribution in [2.75, 3.05) is 37.9 Å². The van der Waals surface area contributed by atoms with Crippen LogP contribution in [0, 0.1) is 0 Å². The van der Waals surface area contributed by atoms with Gasteiger partial charge in [-0.25, -0.2) is 4.79 Å². The molecule has 0 unspecified atom stereocenters. The standard InChI is InChI=1S/C20H20Cl2N2O6/c1-13(25)29-12-24(20(27)23-6-8-28-9-7-23)14-10-15(21)19(16(22)11-14)30-18-5-3-2-4-17(18)26/h2-5,10-11,26H,6-9,12H2,1H3. The van der Waals surface area contributed by atoms with Gasteiger partial charge >= 0.3 is 12.0 Å². The molecule has 0 aromatic heterocycles. The first-order valence-corrected chi connectivity index (χ1v) is 9.85. The van der Waals surface area contributed by atoms with Gasteiger partial charge in [-0.05, 0) is 24.3 Å². The molecule has 10 heteroatoms. The molecular weight excluding hydrogens is 435 g/mol. The molecule has 1 fully saturated rings. The first-order chi connectivity index (χ1) is 14.4. The fraction of sp³-hybridized carbons (Fsp3) is 0.300. The van der Waals surface area contributed by atoms with Crippen LogP contribution in [0.5, 0.6) is 17.2 Å². The van der Waals surface area contributed by atoms with Crippen molar-refractivity contribution in [2.24, 2.45) is 0 Å². The lowest BCUT2D eigenvalue weighted by Gasteiger charge is -2.32. The summed E-state index contributed by atoms with van der Waals surface area (Å²) in [5.74, 6) is -0.316. The highest BCUT2D eigenvalue weighted by Crippen LogP contribution is 2.41. The topological polar surface area (TPSA) is 88.5 Å². The van der Waals surface area contributed by atoms with E-state index in [1.54, 1.807) is 23.1 Å². The minimum absolute atomic E-state index is 0.0762. The van der Waals surface area contributed by atoms with Crippen molar-refractivity contribution >= 4 is 40.9 Å². The summed E-state index contributed by atoms with van der Waals surface area (Å²) in [6.45, 7) is 2.60. The highest BCUT2D eigenvalue weighted by molar-refractivity contribution is 6.37. The maximum absolute atomic E-state index is 13.0. The third-order valence-electron chi connectivity index (χ3n) is 4.28. The minimum Gasteiger partial charge on any atom is -0.504 e. The molecule has 0 atom stereocenters. The number of ether oxygens (including phenoxy) is 3. The Bertz CT molecular complexity index is 910. The Balaban J connectivity index is 1.90. The Morgan fingerprint density at radius 2 is 1.80 bits per heavy atom. The maximum Gasteiger partial charge on any atom is 0.327 e. The van der Waals surface area contributed by atoms with Crippen LogP contribution in [0.1, 0.15) is 6.92 Å². The van der Waals surface area contributed by atoms with Gasteiger partial charge in [0.2, 0.25) is 0 Å². The molecular formula is C20H20Cl2N2O6. The van der Waals surface area contributed by atoms with Crippen LogP contribution in [-0.4, -0.2) is 55.0 Å². The third kappa shape index (κ3) is 5.27. The molecule has 2 aromatic rings. The van der Waals surface area contributed by atoms with Crippen molar-refractivity contribution in [1.82, 2.24) is 4.90 Å². The van der Waals surface area contributed by atoms with Crippen LogP contribution in [0.4, 0.5) is 10.5 Å². The Morgan fingerprint density at radius 3 is 2.40 bits per heavy atom. The number of nitrogens with zero attached hydrogens (tertiary/aromatic N) is 2. The molecule has 2 amide bonds. The molecule has 160 valence electrons. The van der Waals surface area contributed by atoms with Crippen molar-refractivity contribution < 1.29 is 28.9 Å². The molecule has 1 aliphatic rings. The number of phenolic OH excluding ortho intramolecular Hbond substituents is 1. The SMILES string of the molecule is CC(=O)OCN(C(=O)N1CCOCC1)c1cc(Cl)c(Oc2ccccc2O)c(Cl)c1. The summed E-state index contributed by atoms with van der Waals surface area (Å²) in [6.07, 6.45) is 0. The van der Waals surface area contributed by atoms with Gasteiger partial charge in [0.1, 0.15) is 0 Å². The van der Waals surface area contributed by atoms with E-state index in [1.165, 1.54) is 30.0 Å². The zero-order valence-electron chi connectivity index (χ0n) is 16.1. The normalized spacial score (nSPS) is 13.6. The molecule has 0 radical (unpaired) electrons. The van der Waals surface area contributed by atoms with Gasteiger partial charge in [-0.15, -0.1) is 0 Å². The average Bonchev–Trinajstić information content (AvgIpc) is 2.72. The summed E-state index contributed by atoms with van der Waals surface area (Å²) >= 11 is 12.7. The molecule has 3 rings (SSSR count). The number of amides is 2. The van der Waals surface area contributed by atoms with Crippen molar-refractivity contribution in [1.29, 1.82) is 0 Å². The minimum atomic E-state index is -0.536. The molecule has 1 saturated heterocycles. The van der Waals surface area contributed by atoms with Crippen LogP contribution in [0.15, 0.2) is 36.4 Å². The van der Waals surface area contributed by atoms with E-state index in [-0.39, 0.29) is 40.1 Å². The van der Waals surface area contributed by atoms with Gasteiger partial charge in [-0.2, -0.15) is 0 Å². The van der Waals surface area contributed by atoms with Crippen molar-refractivity contribution in [3.8, 4) is 17.2 Å². The van der Waals surface area contributed by atoms with Crippen LogP contribution in [0.3, 0.4) is 0 Å². The number of carbonyl (C=O) groups is 2. The van der Waals surface area contributed by atoms with E-state index >= 15 is 0 Å². The van der Waals surface area contributed by atoms with Crippen LogP contribution in [0.2, 0.25) is 10.0 Å². The monoisotopic (exact) mass is 454 g/mol. The first kappa shape index (κ1) is 22.0. The summed E-state index contributed by atoms with van der Waals surface area (Å²) in [7, 11) is 0.